The second kappa shape index (κ2) is 6.33. The van der Waals surface area contributed by atoms with E-state index >= 15 is 0 Å². The fourth-order valence-electron chi connectivity index (χ4n) is 2.55. The molecule has 1 aliphatic carbocycles. The molecule has 0 aliphatic heterocycles. The van der Waals surface area contributed by atoms with E-state index in [1.807, 2.05) is 23.9 Å². The number of aryl methyl sites for hydroxylation is 1. The van der Waals surface area contributed by atoms with E-state index in [0.717, 1.165) is 31.0 Å². The van der Waals surface area contributed by atoms with Gasteiger partial charge in [-0.3, -0.25) is 0 Å². The molecule has 1 aliphatic rings. The number of nitrogens with two attached hydrogens (primary N) is 1. The molecule has 0 unspecified atom stereocenters. The number of benzene rings is 2. The molecule has 0 saturated heterocycles. The van der Waals surface area contributed by atoms with Crippen molar-refractivity contribution >= 4 is 11.8 Å². The second-order valence-corrected chi connectivity index (χ2v) is 6.18. The Labute approximate surface area is 124 Å². The number of rotatable bonds is 5. The van der Waals surface area contributed by atoms with Gasteiger partial charge in [0.2, 0.25) is 0 Å². The minimum atomic E-state index is 0.215. The van der Waals surface area contributed by atoms with Crippen LogP contribution in [0, 0.1) is 0 Å². The molecule has 2 nitrogen and oxygen atoms in total. The Morgan fingerprint density at radius 1 is 1.15 bits per heavy atom. The monoisotopic (exact) mass is 285 g/mol. The van der Waals surface area contributed by atoms with Crippen LogP contribution in [0.25, 0.3) is 0 Å². The standard InChI is InChI=1S/C17H19NOS/c18-17-9-6-13-12-14(7-8-16(13)17)19-10-11-20-15-4-2-1-3-5-15/h1-5,7-8,12,17H,6,9-11,18H2/t17-/m1/s1. The zero-order valence-electron chi connectivity index (χ0n) is 11.4. The van der Waals surface area contributed by atoms with E-state index < -0.39 is 0 Å². The van der Waals surface area contributed by atoms with Gasteiger partial charge in [0.1, 0.15) is 5.75 Å². The van der Waals surface area contributed by atoms with Crippen molar-refractivity contribution in [3.63, 3.8) is 0 Å². The van der Waals surface area contributed by atoms with E-state index in [2.05, 4.69) is 36.4 Å². The van der Waals surface area contributed by atoms with Gasteiger partial charge in [0, 0.05) is 16.7 Å². The van der Waals surface area contributed by atoms with Crippen LogP contribution in [0.2, 0.25) is 0 Å². The topological polar surface area (TPSA) is 35.2 Å². The fraction of sp³-hybridized carbons (Fsp3) is 0.294. The average molecular weight is 285 g/mol. The molecule has 0 aromatic heterocycles. The van der Waals surface area contributed by atoms with Crippen LogP contribution in [0.3, 0.4) is 0 Å². The number of hydrogen-bond donors (Lipinski definition) is 1. The van der Waals surface area contributed by atoms with Gasteiger partial charge in [0.05, 0.1) is 6.61 Å². The molecule has 0 saturated carbocycles. The molecule has 2 aromatic rings. The van der Waals surface area contributed by atoms with Gasteiger partial charge in [-0.25, -0.2) is 0 Å². The molecule has 0 radical (unpaired) electrons. The molecule has 1 atom stereocenters. The Kier molecular flexibility index (Phi) is 4.28. The second-order valence-electron chi connectivity index (χ2n) is 5.02. The Morgan fingerprint density at radius 2 is 2.00 bits per heavy atom. The van der Waals surface area contributed by atoms with Crippen molar-refractivity contribution in [3.8, 4) is 5.75 Å². The minimum Gasteiger partial charge on any atom is -0.493 e. The number of hydrogen-bond acceptors (Lipinski definition) is 3. The first kappa shape index (κ1) is 13.5. The van der Waals surface area contributed by atoms with Crippen LogP contribution >= 0.6 is 11.8 Å². The van der Waals surface area contributed by atoms with E-state index in [0.29, 0.717) is 0 Å². The first-order valence-electron chi connectivity index (χ1n) is 7.02. The molecule has 3 heteroatoms. The largest absolute Gasteiger partial charge is 0.493 e. The van der Waals surface area contributed by atoms with Gasteiger partial charge in [0.15, 0.2) is 0 Å². The van der Waals surface area contributed by atoms with Gasteiger partial charge < -0.3 is 10.5 Å². The van der Waals surface area contributed by atoms with Crippen molar-refractivity contribution in [2.75, 3.05) is 12.4 Å². The zero-order valence-corrected chi connectivity index (χ0v) is 12.2. The molecular weight excluding hydrogens is 266 g/mol. The molecule has 104 valence electrons. The van der Waals surface area contributed by atoms with Crippen molar-refractivity contribution in [2.24, 2.45) is 5.73 Å². The summed E-state index contributed by atoms with van der Waals surface area (Å²) in [4.78, 5) is 1.29. The third-order valence-electron chi connectivity index (χ3n) is 3.60. The predicted molar refractivity (Wildman–Crippen MR) is 84.4 cm³/mol. The molecule has 2 aromatic carbocycles. The summed E-state index contributed by atoms with van der Waals surface area (Å²) in [5.41, 5.74) is 8.68. The van der Waals surface area contributed by atoms with Gasteiger partial charge in [-0.05, 0) is 48.2 Å². The van der Waals surface area contributed by atoms with E-state index in [9.17, 15) is 0 Å². The lowest BCUT2D eigenvalue weighted by Gasteiger charge is -2.09. The average Bonchev–Trinajstić information content (AvgIpc) is 2.86. The first-order valence-corrected chi connectivity index (χ1v) is 8.00. The van der Waals surface area contributed by atoms with Gasteiger partial charge in [-0.15, -0.1) is 11.8 Å². The molecule has 2 N–H and O–H groups in total. The van der Waals surface area contributed by atoms with E-state index in [1.165, 1.54) is 16.0 Å². The summed E-state index contributed by atoms with van der Waals surface area (Å²) in [6.07, 6.45) is 2.13. The third-order valence-corrected chi connectivity index (χ3v) is 4.58. The van der Waals surface area contributed by atoms with Crippen LogP contribution in [-0.4, -0.2) is 12.4 Å². The molecule has 0 bridgehead atoms. The Balaban J connectivity index is 1.50. The summed E-state index contributed by atoms with van der Waals surface area (Å²) < 4.78 is 5.83. The summed E-state index contributed by atoms with van der Waals surface area (Å²) in [7, 11) is 0. The Hall–Kier alpha value is -1.45. The lowest BCUT2D eigenvalue weighted by molar-refractivity contribution is 0.343. The number of thioether (sulfide) groups is 1. The van der Waals surface area contributed by atoms with Gasteiger partial charge in [-0.1, -0.05) is 24.3 Å². The quantitative estimate of drug-likeness (QED) is 0.670. The molecule has 0 spiro atoms. The minimum absolute atomic E-state index is 0.215. The number of fused-ring (bicyclic) bond motifs is 1. The van der Waals surface area contributed by atoms with Crippen LogP contribution in [0.4, 0.5) is 0 Å². The Bertz CT molecular complexity index is 570. The van der Waals surface area contributed by atoms with E-state index in [4.69, 9.17) is 10.5 Å². The fourth-order valence-corrected chi connectivity index (χ4v) is 3.30. The van der Waals surface area contributed by atoms with Gasteiger partial charge in [-0.2, -0.15) is 0 Å². The van der Waals surface area contributed by atoms with Crippen LogP contribution in [0.15, 0.2) is 53.4 Å². The van der Waals surface area contributed by atoms with Crippen LogP contribution in [0.1, 0.15) is 23.6 Å². The van der Waals surface area contributed by atoms with E-state index in [-0.39, 0.29) is 6.04 Å². The van der Waals surface area contributed by atoms with E-state index in [1.54, 1.807) is 0 Å². The lowest BCUT2D eigenvalue weighted by Crippen LogP contribution is -2.05. The third kappa shape index (κ3) is 3.17. The number of ether oxygens (including phenoxy) is 1. The summed E-state index contributed by atoms with van der Waals surface area (Å²) in [6.45, 7) is 0.727. The molecule has 3 rings (SSSR count). The first-order chi connectivity index (χ1) is 9.83. The van der Waals surface area contributed by atoms with Crippen LogP contribution in [-0.2, 0) is 6.42 Å². The van der Waals surface area contributed by atoms with Crippen molar-refractivity contribution < 1.29 is 4.74 Å². The van der Waals surface area contributed by atoms with Crippen molar-refractivity contribution in [1.82, 2.24) is 0 Å². The SMILES string of the molecule is N[C@@H]1CCc2cc(OCCSc3ccccc3)ccc21. The maximum Gasteiger partial charge on any atom is 0.119 e. The van der Waals surface area contributed by atoms with Crippen molar-refractivity contribution in [2.45, 2.75) is 23.8 Å². The molecule has 0 fully saturated rings. The van der Waals surface area contributed by atoms with Gasteiger partial charge in [0.25, 0.3) is 0 Å². The highest BCUT2D eigenvalue weighted by Gasteiger charge is 2.18. The normalized spacial score (nSPS) is 16.9. The summed E-state index contributed by atoms with van der Waals surface area (Å²) >= 11 is 1.82. The highest BCUT2D eigenvalue weighted by Crippen LogP contribution is 2.31. The molecule has 0 heterocycles. The van der Waals surface area contributed by atoms with Crippen molar-refractivity contribution in [1.29, 1.82) is 0 Å². The van der Waals surface area contributed by atoms with Crippen LogP contribution in [0.5, 0.6) is 5.75 Å². The molecule has 20 heavy (non-hydrogen) atoms. The molecular formula is C17H19NOS. The maximum absolute atomic E-state index is 6.04. The zero-order chi connectivity index (χ0) is 13.8. The van der Waals surface area contributed by atoms with Crippen LogP contribution < -0.4 is 10.5 Å². The predicted octanol–water partition coefficient (Wildman–Crippen LogP) is 3.80. The maximum atomic E-state index is 6.04. The molecule has 0 amide bonds. The van der Waals surface area contributed by atoms with Crippen molar-refractivity contribution in [3.05, 3.63) is 59.7 Å². The summed E-state index contributed by atoms with van der Waals surface area (Å²) in [5.74, 6) is 1.92. The lowest BCUT2D eigenvalue weighted by atomic mass is 10.1. The Morgan fingerprint density at radius 3 is 2.85 bits per heavy atom. The smallest absolute Gasteiger partial charge is 0.119 e. The summed E-state index contributed by atoms with van der Waals surface area (Å²) in [5, 5.41) is 0. The highest BCUT2D eigenvalue weighted by molar-refractivity contribution is 7.99. The van der Waals surface area contributed by atoms with Gasteiger partial charge >= 0.3 is 0 Å². The summed E-state index contributed by atoms with van der Waals surface area (Å²) in [6, 6.07) is 16.9. The highest BCUT2D eigenvalue weighted by atomic mass is 32.2.